The van der Waals surface area contributed by atoms with Gasteiger partial charge in [-0.05, 0) is 6.42 Å². The summed E-state index contributed by atoms with van der Waals surface area (Å²) in [5, 5.41) is -0.855. The number of hydrogen-bond donors (Lipinski definition) is 2. The molecule has 2 N–H and O–H groups in total. The van der Waals surface area contributed by atoms with Gasteiger partial charge in [0, 0.05) is 0 Å². The van der Waals surface area contributed by atoms with Gasteiger partial charge in [-0.15, -0.1) is 0 Å². The lowest BCUT2D eigenvalue weighted by Crippen LogP contribution is -1.95. The Bertz CT molecular complexity index is 157. The molecule has 0 aliphatic carbocycles. The van der Waals surface area contributed by atoms with Gasteiger partial charge in [0.1, 0.15) is 5.40 Å². The molecule has 0 spiro atoms. The molecule has 0 bridgehead atoms. The third-order valence-corrected chi connectivity index (χ3v) is 4.94. The van der Waals surface area contributed by atoms with Crippen molar-refractivity contribution in [2.75, 3.05) is 0 Å². The van der Waals surface area contributed by atoms with Crippen LogP contribution in [0.2, 0.25) is 0 Å². The van der Waals surface area contributed by atoms with Crippen molar-refractivity contribution < 1.29 is 18.9 Å². The molecule has 2 atom stereocenters. The first-order chi connectivity index (χ1) is 5.59. The largest absolute Gasteiger partial charge is 0.346 e. The lowest BCUT2D eigenvalue weighted by molar-refractivity contribution is 0.471. The summed E-state index contributed by atoms with van der Waals surface area (Å²) >= 11 is 0. The van der Waals surface area contributed by atoms with Gasteiger partial charge in [0.15, 0.2) is 0 Å². The van der Waals surface area contributed by atoms with Gasteiger partial charge in [0.2, 0.25) is 16.1 Å². The molecule has 0 radical (unpaired) electrons. The van der Waals surface area contributed by atoms with Crippen molar-refractivity contribution in [1.29, 1.82) is 0 Å². The maximum Gasteiger partial charge on any atom is 0.201 e. The monoisotopic (exact) mass is 214 g/mol. The summed E-state index contributed by atoms with van der Waals surface area (Å²) in [6.45, 7) is 2.01. The number of unbranched alkanes of at least 4 members (excludes halogenated alkanes) is 2. The van der Waals surface area contributed by atoms with Gasteiger partial charge in [-0.25, -0.2) is 0 Å². The molecule has 0 aliphatic heterocycles. The Balaban J connectivity index is 3.80. The van der Waals surface area contributed by atoms with Crippen LogP contribution in [0.3, 0.4) is 0 Å². The van der Waals surface area contributed by atoms with Crippen LogP contribution in [0.1, 0.15) is 32.6 Å². The molecule has 0 saturated carbocycles. The van der Waals surface area contributed by atoms with Crippen LogP contribution >= 0.6 is 16.1 Å². The predicted octanol–water partition coefficient (Wildman–Crippen LogP) is 1.83. The fraction of sp³-hybridized carbons (Fsp3) is 1.00. The van der Waals surface area contributed by atoms with Gasteiger partial charge in [0.25, 0.3) is 0 Å². The summed E-state index contributed by atoms with van der Waals surface area (Å²) in [7, 11) is -5.64. The van der Waals surface area contributed by atoms with Gasteiger partial charge in [-0.1, -0.05) is 26.2 Å². The second-order valence-electron chi connectivity index (χ2n) is 2.72. The van der Waals surface area contributed by atoms with Crippen molar-refractivity contribution in [2.24, 2.45) is 0 Å². The highest BCUT2D eigenvalue weighted by molar-refractivity contribution is 7.57. The Labute approximate surface area is 73.7 Å². The first-order valence-electron chi connectivity index (χ1n) is 4.05. The maximum absolute atomic E-state index is 10.6. The summed E-state index contributed by atoms with van der Waals surface area (Å²) in [4.78, 5) is 17.4. The minimum Gasteiger partial charge on any atom is -0.346 e. The molecule has 0 amide bonds. The molecule has 0 aromatic rings. The quantitative estimate of drug-likeness (QED) is 0.522. The Kier molecular flexibility index (Phi) is 7.07. The zero-order chi connectivity index (χ0) is 9.56. The van der Waals surface area contributed by atoms with E-state index in [0.717, 1.165) is 19.3 Å². The van der Waals surface area contributed by atoms with Crippen molar-refractivity contribution in [2.45, 2.75) is 38.0 Å². The molecule has 6 heteroatoms. The molecule has 0 aromatic heterocycles. The van der Waals surface area contributed by atoms with E-state index in [-0.39, 0.29) is 0 Å². The fourth-order valence-electron chi connectivity index (χ4n) is 0.951. The summed E-state index contributed by atoms with van der Waals surface area (Å²) in [5.41, 5.74) is 0. The van der Waals surface area contributed by atoms with E-state index in [1.807, 2.05) is 6.92 Å². The van der Waals surface area contributed by atoms with E-state index < -0.39 is 21.5 Å². The average molecular weight is 214 g/mol. The molecular weight excluding hydrogens is 198 g/mol. The summed E-state index contributed by atoms with van der Waals surface area (Å²) < 4.78 is 21.2. The molecule has 0 heterocycles. The molecule has 74 valence electrons. The standard InChI is InChI=1S/C6H16O4P2/c1-2-3-4-5-6(11(7)8)12(9)10/h6,11-12H,2-5H2,1H3,(H,7,8)(H,9,10). The van der Waals surface area contributed by atoms with Crippen molar-refractivity contribution in [3.63, 3.8) is 0 Å². The Hall–Kier alpha value is 0.380. The topological polar surface area (TPSA) is 74.6 Å². The molecule has 0 rings (SSSR count). The van der Waals surface area contributed by atoms with Crippen LogP contribution in [0.5, 0.6) is 0 Å². The summed E-state index contributed by atoms with van der Waals surface area (Å²) in [6.07, 6.45) is 3.11. The van der Waals surface area contributed by atoms with Crippen LogP contribution in [0.15, 0.2) is 0 Å². The van der Waals surface area contributed by atoms with Crippen molar-refractivity contribution in [1.82, 2.24) is 0 Å². The number of hydrogen-bond acceptors (Lipinski definition) is 2. The molecule has 0 aliphatic rings. The lowest BCUT2D eigenvalue weighted by atomic mass is 10.2. The highest BCUT2D eigenvalue weighted by atomic mass is 31.2. The van der Waals surface area contributed by atoms with Crippen molar-refractivity contribution in [3.8, 4) is 0 Å². The van der Waals surface area contributed by atoms with E-state index in [9.17, 15) is 9.13 Å². The third-order valence-electron chi connectivity index (χ3n) is 1.69. The molecule has 2 unspecified atom stereocenters. The van der Waals surface area contributed by atoms with E-state index in [0.29, 0.717) is 6.42 Å². The molecule has 12 heavy (non-hydrogen) atoms. The van der Waals surface area contributed by atoms with Crippen LogP contribution in [0.4, 0.5) is 0 Å². The molecule has 4 nitrogen and oxygen atoms in total. The zero-order valence-electron chi connectivity index (χ0n) is 7.12. The second-order valence-corrected chi connectivity index (χ2v) is 6.05. The Morgan fingerprint density at radius 3 is 2.00 bits per heavy atom. The first-order valence-corrected chi connectivity index (χ1v) is 6.91. The summed E-state index contributed by atoms with van der Waals surface area (Å²) in [6, 6.07) is 0. The first kappa shape index (κ1) is 12.4. The summed E-state index contributed by atoms with van der Waals surface area (Å²) in [5.74, 6) is 0. The minimum absolute atomic E-state index is 0.399. The molecular formula is C6H16O4P2. The molecule has 0 aromatic carbocycles. The molecule has 0 saturated heterocycles. The van der Waals surface area contributed by atoms with Crippen LogP contribution in [-0.4, -0.2) is 15.2 Å². The van der Waals surface area contributed by atoms with Gasteiger partial charge < -0.3 is 9.79 Å². The highest BCUT2D eigenvalue weighted by Crippen LogP contribution is 2.42. The average Bonchev–Trinajstić information content (AvgIpc) is 1.96. The van der Waals surface area contributed by atoms with Gasteiger partial charge in [0.05, 0.1) is 0 Å². The van der Waals surface area contributed by atoms with Crippen LogP contribution in [0, 0.1) is 0 Å². The normalized spacial score (nSPS) is 18.6. The van der Waals surface area contributed by atoms with Crippen LogP contribution < -0.4 is 0 Å². The smallest absolute Gasteiger partial charge is 0.201 e. The van der Waals surface area contributed by atoms with Crippen molar-refractivity contribution >= 4 is 16.1 Å². The zero-order valence-corrected chi connectivity index (χ0v) is 9.12. The maximum atomic E-state index is 10.6. The van der Waals surface area contributed by atoms with Crippen LogP contribution in [-0.2, 0) is 9.13 Å². The van der Waals surface area contributed by atoms with E-state index in [2.05, 4.69) is 0 Å². The fourth-order valence-corrected chi connectivity index (χ4v) is 2.70. The SMILES string of the molecule is CCCCCC([PH](=O)O)[PH](=O)O. The highest BCUT2D eigenvalue weighted by Gasteiger charge is 2.18. The van der Waals surface area contributed by atoms with E-state index in [1.54, 1.807) is 0 Å². The second kappa shape index (κ2) is 6.85. The third kappa shape index (κ3) is 5.10. The van der Waals surface area contributed by atoms with Gasteiger partial charge >= 0.3 is 0 Å². The Morgan fingerprint density at radius 2 is 1.67 bits per heavy atom. The predicted molar refractivity (Wildman–Crippen MR) is 50.4 cm³/mol. The van der Waals surface area contributed by atoms with E-state index in [4.69, 9.17) is 9.79 Å². The van der Waals surface area contributed by atoms with E-state index in [1.165, 1.54) is 0 Å². The number of rotatable bonds is 6. The van der Waals surface area contributed by atoms with E-state index >= 15 is 0 Å². The Morgan fingerprint density at radius 1 is 1.17 bits per heavy atom. The van der Waals surface area contributed by atoms with Gasteiger partial charge in [-0.3, -0.25) is 9.13 Å². The minimum atomic E-state index is -2.82. The van der Waals surface area contributed by atoms with Crippen LogP contribution in [0.25, 0.3) is 0 Å². The molecule has 0 fully saturated rings. The van der Waals surface area contributed by atoms with Gasteiger partial charge in [-0.2, -0.15) is 0 Å². The lowest BCUT2D eigenvalue weighted by Gasteiger charge is -2.08. The van der Waals surface area contributed by atoms with Crippen molar-refractivity contribution in [3.05, 3.63) is 0 Å².